The fourth-order valence-electron chi connectivity index (χ4n) is 3.09. The maximum absolute atomic E-state index is 12.3. The summed E-state index contributed by atoms with van der Waals surface area (Å²) in [7, 11) is 0. The number of rotatable bonds is 19. The lowest BCUT2D eigenvalue weighted by atomic mass is 10.1. The summed E-state index contributed by atoms with van der Waals surface area (Å²) in [6.07, 6.45) is 23.4. The number of aliphatic hydroxyl groups is 2. The molecule has 0 saturated carbocycles. The second-order valence-corrected chi connectivity index (χ2v) is 7.26. The maximum Gasteiger partial charge on any atom is 0.102 e. The van der Waals surface area contributed by atoms with Crippen LogP contribution in [-0.2, 0) is 0 Å². The summed E-state index contributed by atoms with van der Waals surface area (Å²) in [5.74, 6) is 0. The zero-order chi connectivity index (χ0) is 19.3. The number of quaternary nitrogens is 1. The monoisotopic (exact) mass is 369 g/mol. The minimum absolute atomic E-state index is 0.105. The van der Waals surface area contributed by atoms with Crippen LogP contribution in [0.4, 0.5) is 0 Å². The smallest absolute Gasteiger partial charge is 0.102 e. The highest BCUT2D eigenvalue weighted by atomic mass is 16.5. The van der Waals surface area contributed by atoms with Crippen LogP contribution in [0.1, 0.15) is 84.0 Å². The number of allylic oxidation sites excluding steroid dienone is 4. The Kier molecular flexibility index (Phi) is 18.6. The number of hydrogen-bond donors (Lipinski definition) is 2. The van der Waals surface area contributed by atoms with Gasteiger partial charge in [0.25, 0.3) is 0 Å². The molecule has 0 unspecified atom stereocenters. The van der Waals surface area contributed by atoms with Gasteiger partial charge in [0.1, 0.15) is 13.1 Å². The zero-order valence-corrected chi connectivity index (χ0v) is 17.1. The maximum atomic E-state index is 12.3. The van der Waals surface area contributed by atoms with Gasteiger partial charge in [0.05, 0.1) is 19.8 Å². The molecular weight excluding hydrogens is 326 g/mol. The summed E-state index contributed by atoms with van der Waals surface area (Å²) in [6, 6.07) is 0. The minimum atomic E-state index is -0.454. The van der Waals surface area contributed by atoms with Crippen LogP contribution in [0.2, 0.25) is 0 Å². The first-order chi connectivity index (χ1) is 12.7. The molecule has 0 rings (SSSR count). The molecule has 0 heterocycles. The van der Waals surface area contributed by atoms with E-state index >= 15 is 0 Å². The van der Waals surface area contributed by atoms with E-state index in [4.69, 9.17) is 10.2 Å². The van der Waals surface area contributed by atoms with Crippen LogP contribution < -0.4 is 0 Å². The molecule has 0 aliphatic carbocycles. The number of hydrogen-bond acceptors (Lipinski definition) is 3. The highest BCUT2D eigenvalue weighted by Gasteiger charge is 2.14. The average molecular weight is 370 g/mol. The molecule has 0 aliphatic rings. The lowest BCUT2D eigenvalue weighted by Gasteiger charge is -2.42. The molecule has 2 N–H and O–H groups in total. The zero-order valence-electron chi connectivity index (χ0n) is 17.1. The van der Waals surface area contributed by atoms with E-state index in [1.807, 2.05) is 0 Å². The van der Waals surface area contributed by atoms with E-state index in [-0.39, 0.29) is 26.3 Å². The van der Waals surface area contributed by atoms with Gasteiger partial charge in [0.15, 0.2) is 0 Å². The van der Waals surface area contributed by atoms with E-state index < -0.39 is 4.65 Å². The lowest BCUT2D eigenvalue weighted by molar-refractivity contribution is -0.881. The van der Waals surface area contributed by atoms with Gasteiger partial charge in [0.2, 0.25) is 0 Å². The predicted octanol–water partition coefficient (Wildman–Crippen LogP) is 5.10. The molecule has 154 valence electrons. The summed E-state index contributed by atoms with van der Waals surface area (Å²) < 4.78 is -0.454. The van der Waals surface area contributed by atoms with Crippen molar-refractivity contribution in [3.8, 4) is 0 Å². The van der Waals surface area contributed by atoms with Crippen LogP contribution in [0.25, 0.3) is 0 Å². The Hall–Kier alpha value is -0.680. The molecular formula is C22H43NO3. The topological polar surface area (TPSA) is 63.5 Å². The normalized spacial score (nSPS) is 12.6. The third-order valence-electron chi connectivity index (χ3n) is 4.78. The van der Waals surface area contributed by atoms with Crippen molar-refractivity contribution in [2.75, 3.05) is 32.8 Å². The van der Waals surface area contributed by atoms with Crippen LogP contribution in [0.3, 0.4) is 0 Å². The first-order valence-corrected chi connectivity index (χ1v) is 10.8. The summed E-state index contributed by atoms with van der Waals surface area (Å²) in [4.78, 5) is 0. The number of hydroxylamine groups is 3. The van der Waals surface area contributed by atoms with Gasteiger partial charge in [-0.1, -0.05) is 63.3 Å². The summed E-state index contributed by atoms with van der Waals surface area (Å²) in [6.45, 7) is 2.93. The Labute approximate surface area is 161 Å². The van der Waals surface area contributed by atoms with Gasteiger partial charge in [-0.25, -0.2) is 0 Å². The molecule has 4 heteroatoms. The molecule has 0 saturated heterocycles. The summed E-state index contributed by atoms with van der Waals surface area (Å²) in [5, 5.41) is 30.2. The van der Waals surface area contributed by atoms with Gasteiger partial charge < -0.3 is 20.1 Å². The van der Waals surface area contributed by atoms with Crippen molar-refractivity contribution in [2.45, 2.75) is 84.0 Å². The Morgan fingerprint density at radius 2 is 1.15 bits per heavy atom. The highest BCUT2D eigenvalue weighted by Crippen LogP contribution is 2.11. The molecule has 4 nitrogen and oxygen atoms in total. The summed E-state index contributed by atoms with van der Waals surface area (Å²) in [5.41, 5.74) is 0. The lowest BCUT2D eigenvalue weighted by Crippen LogP contribution is -2.47. The van der Waals surface area contributed by atoms with E-state index in [0.29, 0.717) is 6.54 Å². The molecule has 0 atom stereocenters. The fraction of sp³-hybridized carbons (Fsp3) is 0.818. The average Bonchev–Trinajstić information content (AvgIpc) is 2.62. The molecule has 0 aromatic rings. The Balaban J connectivity index is 3.44. The first kappa shape index (κ1) is 25.3. The van der Waals surface area contributed by atoms with E-state index in [1.54, 1.807) is 0 Å². The van der Waals surface area contributed by atoms with Gasteiger partial charge in [-0.2, -0.15) is 0 Å². The van der Waals surface area contributed by atoms with E-state index in [9.17, 15) is 5.21 Å². The van der Waals surface area contributed by atoms with Crippen LogP contribution in [0.5, 0.6) is 0 Å². The van der Waals surface area contributed by atoms with Crippen molar-refractivity contribution in [1.82, 2.24) is 0 Å². The Morgan fingerprint density at radius 1 is 0.654 bits per heavy atom. The second kappa shape index (κ2) is 19.1. The third kappa shape index (κ3) is 16.8. The van der Waals surface area contributed by atoms with Crippen molar-refractivity contribution in [3.05, 3.63) is 29.5 Å². The van der Waals surface area contributed by atoms with Crippen molar-refractivity contribution < 1.29 is 14.9 Å². The van der Waals surface area contributed by atoms with Gasteiger partial charge >= 0.3 is 0 Å². The van der Waals surface area contributed by atoms with Crippen LogP contribution >= 0.6 is 0 Å². The molecule has 26 heavy (non-hydrogen) atoms. The second-order valence-electron chi connectivity index (χ2n) is 7.26. The van der Waals surface area contributed by atoms with Gasteiger partial charge in [-0.15, -0.1) is 0 Å². The molecule has 0 amide bonds. The fourth-order valence-corrected chi connectivity index (χ4v) is 3.09. The third-order valence-corrected chi connectivity index (χ3v) is 4.78. The van der Waals surface area contributed by atoms with Crippen LogP contribution in [0.15, 0.2) is 24.3 Å². The molecule has 0 spiro atoms. The Bertz CT molecular complexity index is 336. The van der Waals surface area contributed by atoms with E-state index in [1.165, 1.54) is 51.4 Å². The predicted molar refractivity (Wildman–Crippen MR) is 112 cm³/mol. The highest BCUT2D eigenvalue weighted by molar-refractivity contribution is 4.92. The standard InChI is InChI=1S/C22H43NO3/c1-2-3-4-5-6-7-8-9-10-11-12-13-14-15-16-17-18-23(26,19-21-24)20-22-25/h6-7,9-10,24-25H,2-5,8,11-22H2,1H3/b7-6-,10-9-. The summed E-state index contributed by atoms with van der Waals surface area (Å²) >= 11 is 0. The van der Waals surface area contributed by atoms with Crippen LogP contribution in [0, 0.1) is 5.21 Å². The molecule has 0 aliphatic heterocycles. The molecule has 0 fully saturated rings. The van der Waals surface area contributed by atoms with Gasteiger partial charge in [-0.3, -0.25) is 0 Å². The molecule has 0 radical (unpaired) electrons. The van der Waals surface area contributed by atoms with Crippen molar-refractivity contribution in [2.24, 2.45) is 0 Å². The van der Waals surface area contributed by atoms with Gasteiger partial charge in [-0.05, 0) is 44.9 Å². The Morgan fingerprint density at radius 3 is 1.69 bits per heavy atom. The largest absolute Gasteiger partial charge is 0.633 e. The van der Waals surface area contributed by atoms with Crippen molar-refractivity contribution >= 4 is 0 Å². The van der Waals surface area contributed by atoms with Crippen molar-refractivity contribution in [3.63, 3.8) is 0 Å². The number of aliphatic hydroxyl groups excluding tert-OH is 2. The first-order valence-electron chi connectivity index (χ1n) is 10.8. The van der Waals surface area contributed by atoms with Crippen molar-refractivity contribution in [1.29, 1.82) is 0 Å². The molecule has 0 aromatic heterocycles. The number of unbranched alkanes of at least 4 members (excludes halogenated alkanes) is 9. The van der Waals surface area contributed by atoms with Crippen LogP contribution in [-0.4, -0.2) is 47.7 Å². The molecule has 0 aromatic carbocycles. The quantitative estimate of drug-likeness (QED) is 0.144. The minimum Gasteiger partial charge on any atom is -0.633 e. The van der Waals surface area contributed by atoms with E-state index in [0.717, 1.165) is 25.7 Å². The SMILES string of the molecule is CCCCC/C=C\C/C=C\CCCCCCCC[N+]([O-])(CCO)CCO. The molecule has 0 bridgehead atoms. The van der Waals surface area contributed by atoms with Gasteiger partial charge in [0, 0.05) is 0 Å². The van der Waals surface area contributed by atoms with E-state index in [2.05, 4.69) is 31.2 Å². The number of nitrogens with zero attached hydrogens (tertiary/aromatic N) is 1.